The van der Waals surface area contributed by atoms with Crippen molar-refractivity contribution in [2.45, 2.75) is 73.1 Å². The van der Waals surface area contributed by atoms with E-state index in [1.807, 2.05) is 102 Å². The number of anilines is 4. The van der Waals surface area contributed by atoms with Crippen LogP contribution in [-0.4, -0.2) is 21.1 Å². The number of fused-ring (bicyclic) bond motifs is 2. The van der Waals surface area contributed by atoms with E-state index < -0.39 is 30.4 Å². The number of aryl methyl sites for hydroxylation is 1. The number of hydrogen-bond donors (Lipinski definition) is 0. The molecule has 370 valence electrons. The van der Waals surface area contributed by atoms with E-state index in [0.29, 0.717) is 26.6 Å². The summed E-state index contributed by atoms with van der Waals surface area (Å²) in [5.74, 6) is 0.864. The fourth-order valence-electron chi connectivity index (χ4n) is 9.92. The molecule has 0 saturated carbocycles. The van der Waals surface area contributed by atoms with E-state index in [0.717, 1.165) is 55.8 Å². The molecule has 74 heavy (non-hydrogen) atoms. The minimum absolute atomic E-state index is 0.00605. The number of para-hydroxylation sites is 5. The Balaban J connectivity index is 1.13. The van der Waals surface area contributed by atoms with E-state index in [1.54, 1.807) is 24.3 Å². The van der Waals surface area contributed by atoms with Gasteiger partial charge < -0.3 is 0 Å². The quantitative estimate of drug-likeness (QED) is 0.128. The zero-order chi connectivity index (χ0) is 58.4. The molecule has 0 aliphatic carbocycles. The molecule has 1 aliphatic heterocycles. The number of aromatic nitrogens is 3. The number of nitrogens with zero attached hydrogens (tertiary/aromatic N) is 5. The SMILES string of the molecule is [2H]c1c([2H])c([2H])c(-c2cc(C(C)(C)C(C)(C)C)cc(-c3cccc(C(C)(C)C)c3)c2-n2[c](=[Pt])n(-c3ccc(C([2H])([2H])[2H])c(Oc4cccc(N5B(c6ccccc6)N(c6ccccc6)c6ccccc65)n4)c3)c3ccccc32)c([2H])c1[2H]. The Labute approximate surface area is 459 Å². The molecule has 0 saturated heterocycles. The fraction of sp³-hybridized carbons (Fsp3) is 0.182. The van der Waals surface area contributed by atoms with Gasteiger partial charge in [-0.25, -0.2) is 0 Å². The first-order valence-corrected chi connectivity index (χ1v) is 26.1. The molecule has 8 aromatic carbocycles. The van der Waals surface area contributed by atoms with E-state index in [2.05, 4.69) is 150 Å². The van der Waals surface area contributed by atoms with Gasteiger partial charge in [0.2, 0.25) is 0 Å². The summed E-state index contributed by atoms with van der Waals surface area (Å²) >= 11 is 2.29. The van der Waals surface area contributed by atoms with Crippen LogP contribution in [0.3, 0.4) is 0 Å². The Kier molecular flexibility index (Phi) is 10.3. The Bertz CT molecular complexity index is 4160. The second kappa shape index (κ2) is 19.1. The number of hydrogen-bond acceptors (Lipinski definition) is 4. The molecule has 6 nitrogen and oxygen atoms in total. The van der Waals surface area contributed by atoms with Crippen LogP contribution >= 0.6 is 0 Å². The van der Waals surface area contributed by atoms with Crippen LogP contribution in [0.15, 0.2) is 212 Å². The maximum absolute atomic E-state index is 9.54. The molecule has 0 fully saturated rings. The van der Waals surface area contributed by atoms with Crippen molar-refractivity contribution in [1.82, 2.24) is 14.1 Å². The molecule has 0 atom stereocenters. The van der Waals surface area contributed by atoms with Crippen molar-refractivity contribution in [3.63, 3.8) is 0 Å². The minimum atomic E-state index is -2.59. The predicted molar refractivity (Wildman–Crippen MR) is 306 cm³/mol. The molecule has 0 N–H and O–H groups in total. The summed E-state index contributed by atoms with van der Waals surface area (Å²) < 4.78 is 83.7. The molecule has 8 heteroatoms. The molecule has 2 aromatic heterocycles. The van der Waals surface area contributed by atoms with Crippen molar-refractivity contribution in [2.24, 2.45) is 5.41 Å². The summed E-state index contributed by atoms with van der Waals surface area (Å²) in [6, 6.07) is 58.0. The number of imidazole rings is 1. The Morgan fingerprint density at radius 1 is 0.554 bits per heavy atom. The summed E-state index contributed by atoms with van der Waals surface area (Å²) in [6.07, 6.45) is 0. The van der Waals surface area contributed by atoms with Gasteiger partial charge in [0.05, 0.1) is 0 Å². The fourth-order valence-corrected chi connectivity index (χ4v) is 11.0. The Morgan fingerprint density at radius 2 is 1.18 bits per heavy atom. The van der Waals surface area contributed by atoms with Gasteiger partial charge in [-0.3, -0.25) is 0 Å². The van der Waals surface area contributed by atoms with Gasteiger partial charge in [0, 0.05) is 5.69 Å². The van der Waals surface area contributed by atoms with Gasteiger partial charge in [-0.05, 0) is 18.2 Å². The molecule has 1 aliphatic rings. The average Bonchev–Trinajstić information content (AvgIpc) is 2.13. The van der Waals surface area contributed by atoms with Crippen molar-refractivity contribution >= 4 is 46.4 Å². The van der Waals surface area contributed by atoms with Gasteiger partial charge in [0.1, 0.15) is 0 Å². The second-order valence-corrected chi connectivity index (χ2v) is 22.5. The normalized spacial score (nSPS) is 14.6. The third-order valence-electron chi connectivity index (χ3n) is 14.9. The van der Waals surface area contributed by atoms with Crippen LogP contribution in [0.5, 0.6) is 11.6 Å². The van der Waals surface area contributed by atoms with Crippen LogP contribution < -0.4 is 19.8 Å². The zero-order valence-corrected chi connectivity index (χ0v) is 45.1. The van der Waals surface area contributed by atoms with E-state index in [9.17, 15) is 2.74 Å². The number of benzene rings is 8. The molecule has 0 bridgehead atoms. The first-order valence-electron chi connectivity index (χ1n) is 29.0. The summed E-state index contributed by atoms with van der Waals surface area (Å²) in [4.78, 5) is 9.65. The number of rotatable bonds is 10. The molecule has 0 spiro atoms. The monoisotopic (exact) mass is 1150 g/mol. The van der Waals surface area contributed by atoms with Gasteiger partial charge in [-0.2, -0.15) is 0 Å². The van der Waals surface area contributed by atoms with Crippen LogP contribution in [0.4, 0.5) is 22.9 Å². The van der Waals surface area contributed by atoms with Crippen molar-refractivity contribution < 1.29 is 35.1 Å². The molecule has 3 heterocycles. The third-order valence-corrected chi connectivity index (χ3v) is 15.9. The molecular weight excluding hydrogens is 1080 g/mol. The number of ether oxygens (including phenoxy) is 1. The number of pyridine rings is 1. The van der Waals surface area contributed by atoms with Crippen molar-refractivity contribution in [3.05, 3.63) is 233 Å². The first kappa shape index (κ1) is 40.0. The zero-order valence-electron chi connectivity index (χ0n) is 50.9. The van der Waals surface area contributed by atoms with Gasteiger partial charge in [-0.1, -0.05) is 60.7 Å². The van der Waals surface area contributed by atoms with E-state index in [1.165, 1.54) is 0 Å². The Morgan fingerprint density at radius 3 is 1.85 bits per heavy atom. The molecular formula is C66H62BN5OPt. The standard InChI is InChI=1S/C66H62BN5O.Pt/c1-46-39-40-53(44-60(46)73-62-38-24-37-61(68-62)72-59-36-22-21-35-58(59)71(52-31-17-12-18-32-52)67(72)51-29-15-11-16-30-51)69-45-70(57-34-20-19-33-56(57)69)63-54(47-25-13-10-14-26-47)42-50(66(8,9)65(5,6)7)43-55(63)48-27-23-28-49(41-48)64(2,3)4;/h10-44H,1-9H3;/i1D3,10D,13D,14D,25D,26D;. The molecule has 0 unspecified atom stereocenters. The third kappa shape index (κ3) is 8.75. The summed E-state index contributed by atoms with van der Waals surface area (Å²) in [5, 5.41) is 0. The average molecular weight is 1160 g/mol. The molecule has 0 radical (unpaired) electrons. The van der Waals surface area contributed by atoms with Gasteiger partial charge in [-0.15, -0.1) is 0 Å². The van der Waals surface area contributed by atoms with Crippen LogP contribution in [0.1, 0.15) is 83.0 Å². The van der Waals surface area contributed by atoms with Crippen molar-refractivity contribution in [3.8, 4) is 45.3 Å². The van der Waals surface area contributed by atoms with E-state index in [-0.39, 0.29) is 52.7 Å². The maximum atomic E-state index is 9.54. The van der Waals surface area contributed by atoms with Gasteiger partial charge in [0.15, 0.2) is 0 Å². The molecule has 10 aromatic rings. The summed E-state index contributed by atoms with van der Waals surface area (Å²) in [5.41, 5.74) is 9.91. The van der Waals surface area contributed by atoms with Crippen LogP contribution in [0.25, 0.3) is 44.7 Å². The van der Waals surface area contributed by atoms with Crippen LogP contribution in [0.2, 0.25) is 0 Å². The van der Waals surface area contributed by atoms with Crippen molar-refractivity contribution in [1.29, 1.82) is 0 Å². The molecule has 0 amide bonds. The van der Waals surface area contributed by atoms with Crippen molar-refractivity contribution in [2.75, 3.05) is 9.62 Å². The van der Waals surface area contributed by atoms with E-state index >= 15 is 0 Å². The summed E-state index contributed by atoms with van der Waals surface area (Å²) in [7, 11) is 0. The molecule has 11 rings (SSSR count). The van der Waals surface area contributed by atoms with Crippen LogP contribution in [0, 0.1) is 16.1 Å². The van der Waals surface area contributed by atoms with Crippen LogP contribution in [-0.2, 0) is 30.2 Å². The van der Waals surface area contributed by atoms with Gasteiger partial charge >= 0.3 is 377 Å². The van der Waals surface area contributed by atoms with E-state index in [4.69, 9.17) is 17.9 Å². The topological polar surface area (TPSA) is 38.5 Å². The summed E-state index contributed by atoms with van der Waals surface area (Å²) in [6.45, 7) is 14.5. The van der Waals surface area contributed by atoms with Gasteiger partial charge in [0.25, 0.3) is 0 Å². The first-order chi connectivity index (χ1) is 38.9. The predicted octanol–water partition coefficient (Wildman–Crippen LogP) is 16.6. The second-order valence-electron chi connectivity index (χ2n) is 21.5. The Hall–Kier alpha value is -7.47.